The van der Waals surface area contributed by atoms with Gasteiger partial charge in [0.15, 0.2) is 0 Å². The van der Waals surface area contributed by atoms with Gasteiger partial charge < -0.3 is 9.84 Å². The lowest BCUT2D eigenvalue weighted by atomic mass is 10.1. The van der Waals surface area contributed by atoms with Gasteiger partial charge in [0.05, 0.1) is 31.3 Å². The second kappa shape index (κ2) is 6.50. The van der Waals surface area contributed by atoms with Crippen LogP contribution in [0.1, 0.15) is 12.0 Å². The minimum absolute atomic E-state index is 0.129. The highest BCUT2D eigenvalue weighted by Gasteiger charge is 2.26. The normalized spacial score (nSPS) is 22.3. The summed E-state index contributed by atoms with van der Waals surface area (Å²) >= 11 is 0. The lowest BCUT2D eigenvalue weighted by Crippen LogP contribution is -2.47. The molecule has 0 bridgehead atoms. The SMILES string of the molecule is N#CCC(O)C1CN(Cc2ccccc2)CCO1. The highest BCUT2D eigenvalue weighted by atomic mass is 16.5. The molecule has 2 rings (SSSR count). The van der Waals surface area contributed by atoms with Crippen LogP contribution in [-0.2, 0) is 11.3 Å². The molecule has 1 fully saturated rings. The lowest BCUT2D eigenvalue weighted by Gasteiger charge is -2.34. The van der Waals surface area contributed by atoms with Gasteiger partial charge in [0, 0.05) is 19.6 Å². The first-order valence-corrected chi connectivity index (χ1v) is 6.22. The quantitative estimate of drug-likeness (QED) is 0.866. The zero-order chi connectivity index (χ0) is 12.8. The van der Waals surface area contributed by atoms with E-state index in [1.807, 2.05) is 24.3 Å². The van der Waals surface area contributed by atoms with E-state index in [9.17, 15) is 5.11 Å². The molecular formula is C14H18N2O2. The number of hydrogen-bond donors (Lipinski definition) is 1. The number of hydrogen-bond acceptors (Lipinski definition) is 4. The maximum absolute atomic E-state index is 9.78. The van der Waals surface area contributed by atoms with E-state index in [0.29, 0.717) is 13.2 Å². The van der Waals surface area contributed by atoms with Gasteiger partial charge in [-0.05, 0) is 5.56 Å². The van der Waals surface area contributed by atoms with Crippen LogP contribution in [0.15, 0.2) is 30.3 Å². The molecule has 1 aromatic carbocycles. The van der Waals surface area contributed by atoms with Crippen LogP contribution in [-0.4, -0.2) is 41.9 Å². The molecule has 1 heterocycles. The predicted molar refractivity (Wildman–Crippen MR) is 67.7 cm³/mol. The van der Waals surface area contributed by atoms with Crippen molar-refractivity contribution in [3.8, 4) is 6.07 Å². The van der Waals surface area contributed by atoms with Gasteiger partial charge in [-0.1, -0.05) is 30.3 Å². The van der Waals surface area contributed by atoms with Gasteiger partial charge in [-0.15, -0.1) is 0 Å². The molecule has 1 aromatic rings. The van der Waals surface area contributed by atoms with Gasteiger partial charge in [-0.3, -0.25) is 4.90 Å². The molecule has 4 nitrogen and oxygen atoms in total. The van der Waals surface area contributed by atoms with Crippen LogP contribution in [0, 0.1) is 11.3 Å². The van der Waals surface area contributed by atoms with Gasteiger partial charge in [0.1, 0.15) is 0 Å². The highest BCUT2D eigenvalue weighted by Crippen LogP contribution is 2.14. The maximum atomic E-state index is 9.78. The van der Waals surface area contributed by atoms with E-state index >= 15 is 0 Å². The molecule has 0 aromatic heterocycles. The Morgan fingerprint density at radius 2 is 2.22 bits per heavy atom. The van der Waals surface area contributed by atoms with Crippen molar-refractivity contribution in [3.63, 3.8) is 0 Å². The zero-order valence-corrected chi connectivity index (χ0v) is 10.3. The molecule has 0 saturated carbocycles. The molecule has 0 spiro atoms. The molecule has 2 unspecified atom stereocenters. The van der Waals surface area contributed by atoms with Crippen LogP contribution < -0.4 is 0 Å². The minimum atomic E-state index is -0.687. The van der Waals surface area contributed by atoms with E-state index < -0.39 is 6.10 Å². The van der Waals surface area contributed by atoms with Crippen LogP contribution >= 0.6 is 0 Å². The van der Waals surface area contributed by atoms with Crippen molar-refractivity contribution in [2.45, 2.75) is 25.2 Å². The van der Waals surface area contributed by atoms with E-state index in [2.05, 4.69) is 17.0 Å². The fourth-order valence-corrected chi connectivity index (χ4v) is 2.17. The summed E-state index contributed by atoms with van der Waals surface area (Å²) in [5.41, 5.74) is 1.26. The fourth-order valence-electron chi connectivity index (χ4n) is 2.17. The monoisotopic (exact) mass is 246 g/mol. The van der Waals surface area contributed by atoms with Gasteiger partial charge in [-0.2, -0.15) is 5.26 Å². The smallest absolute Gasteiger partial charge is 0.0971 e. The molecule has 4 heteroatoms. The summed E-state index contributed by atoms with van der Waals surface area (Å²) < 4.78 is 5.52. The molecule has 1 aliphatic rings. The molecule has 0 amide bonds. The summed E-state index contributed by atoms with van der Waals surface area (Å²) in [5, 5.41) is 18.4. The first-order valence-electron chi connectivity index (χ1n) is 6.22. The molecule has 1 aliphatic heterocycles. The van der Waals surface area contributed by atoms with E-state index in [0.717, 1.165) is 13.1 Å². The summed E-state index contributed by atoms with van der Waals surface area (Å²) in [5.74, 6) is 0. The summed E-state index contributed by atoms with van der Waals surface area (Å²) in [4.78, 5) is 2.25. The second-order valence-corrected chi connectivity index (χ2v) is 4.56. The highest BCUT2D eigenvalue weighted by molar-refractivity contribution is 5.14. The van der Waals surface area contributed by atoms with Crippen molar-refractivity contribution in [1.29, 1.82) is 5.26 Å². The van der Waals surface area contributed by atoms with Crippen molar-refractivity contribution in [2.24, 2.45) is 0 Å². The van der Waals surface area contributed by atoms with Gasteiger partial charge >= 0.3 is 0 Å². The standard InChI is InChI=1S/C14H18N2O2/c15-7-6-13(17)14-11-16(8-9-18-14)10-12-4-2-1-3-5-12/h1-5,13-14,17H,6,8-11H2. The number of aliphatic hydroxyl groups excluding tert-OH is 1. The number of benzene rings is 1. The summed E-state index contributed by atoms with van der Waals surface area (Å²) in [6, 6.07) is 12.2. The molecule has 96 valence electrons. The van der Waals surface area contributed by atoms with Crippen molar-refractivity contribution >= 4 is 0 Å². The minimum Gasteiger partial charge on any atom is -0.389 e. The first-order chi connectivity index (χ1) is 8.79. The molecule has 18 heavy (non-hydrogen) atoms. The number of nitrogens with zero attached hydrogens (tertiary/aromatic N) is 2. The van der Waals surface area contributed by atoms with E-state index in [4.69, 9.17) is 10.00 Å². The Bertz CT molecular complexity index is 402. The third kappa shape index (κ3) is 3.54. The molecular weight excluding hydrogens is 228 g/mol. The van der Waals surface area contributed by atoms with E-state index in [1.165, 1.54) is 5.56 Å². The predicted octanol–water partition coefficient (Wildman–Crippen LogP) is 1.16. The van der Waals surface area contributed by atoms with E-state index in [1.54, 1.807) is 0 Å². The number of morpholine rings is 1. The van der Waals surface area contributed by atoms with Crippen LogP contribution in [0.3, 0.4) is 0 Å². The Labute approximate surface area is 107 Å². The average molecular weight is 246 g/mol. The molecule has 0 radical (unpaired) electrons. The zero-order valence-electron chi connectivity index (χ0n) is 10.3. The third-order valence-electron chi connectivity index (χ3n) is 3.16. The Kier molecular flexibility index (Phi) is 4.71. The Morgan fingerprint density at radius 3 is 2.94 bits per heavy atom. The number of nitriles is 1. The van der Waals surface area contributed by atoms with Crippen molar-refractivity contribution < 1.29 is 9.84 Å². The Balaban J connectivity index is 1.89. The Morgan fingerprint density at radius 1 is 1.44 bits per heavy atom. The number of ether oxygens (including phenoxy) is 1. The van der Waals surface area contributed by atoms with Gasteiger partial charge in [0.2, 0.25) is 0 Å². The molecule has 0 aliphatic carbocycles. The largest absolute Gasteiger partial charge is 0.389 e. The summed E-state index contributed by atoms with van der Waals surface area (Å²) in [6.45, 7) is 3.02. The third-order valence-corrected chi connectivity index (χ3v) is 3.16. The van der Waals surface area contributed by atoms with Crippen molar-refractivity contribution in [1.82, 2.24) is 4.90 Å². The Hall–Kier alpha value is -1.41. The molecule has 1 saturated heterocycles. The number of rotatable bonds is 4. The number of aliphatic hydroxyl groups is 1. The van der Waals surface area contributed by atoms with Crippen LogP contribution in [0.25, 0.3) is 0 Å². The van der Waals surface area contributed by atoms with Crippen LogP contribution in [0.4, 0.5) is 0 Å². The topological polar surface area (TPSA) is 56.5 Å². The first kappa shape index (κ1) is 13.0. The second-order valence-electron chi connectivity index (χ2n) is 4.56. The van der Waals surface area contributed by atoms with Crippen LogP contribution in [0.5, 0.6) is 0 Å². The fraction of sp³-hybridized carbons (Fsp3) is 0.500. The van der Waals surface area contributed by atoms with E-state index in [-0.39, 0.29) is 12.5 Å². The molecule has 2 atom stereocenters. The van der Waals surface area contributed by atoms with Crippen molar-refractivity contribution in [3.05, 3.63) is 35.9 Å². The van der Waals surface area contributed by atoms with Crippen LogP contribution in [0.2, 0.25) is 0 Å². The lowest BCUT2D eigenvalue weighted by molar-refractivity contribution is -0.0886. The van der Waals surface area contributed by atoms with Gasteiger partial charge in [0.25, 0.3) is 0 Å². The summed E-state index contributed by atoms with van der Waals surface area (Å²) in [7, 11) is 0. The summed E-state index contributed by atoms with van der Waals surface area (Å²) in [6.07, 6.45) is -0.806. The average Bonchev–Trinajstić information content (AvgIpc) is 2.40. The molecule has 1 N–H and O–H groups in total. The maximum Gasteiger partial charge on any atom is 0.0971 e. The van der Waals surface area contributed by atoms with Crippen molar-refractivity contribution in [2.75, 3.05) is 19.7 Å². The van der Waals surface area contributed by atoms with Gasteiger partial charge in [-0.25, -0.2) is 0 Å².